The molecule has 108 valence electrons. The predicted molar refractivity (Wildman–Crippen MR) is 76.7 cm³/mol. The van der Waals surface area contributed by atoms with E-state index in [0.29, 0.717) is 12.2 Å². The van der Waals surface area contributed by atoms with Crippen LogP contribution >= 0.6 is 0 Å². The first-order valence-electron chi connectivity index (χ1n) is 6.90. The number of carbonyl (C=O) groups excluding carboxylic acids is 2. The Morgan fingerprint density at radius 2 is 1.95 bits per heavy atom. The fourth-order valence-electron chi connectivity index (χ4n) is 2.56. The van der Waals surface area contributed by atoms with Crippen LogP contribution in [0, 0.1) is 19.8 Å². The number of carbonyl (C=O) groups is 2. The number of imide groups is 1. The number of benzene rings is 1. The van der Waals surface area contributed by atoms with Crippen molar-refractivity contribution in [1.29, 1.82) is 0 Å². The molecule has 1 saturated heterocycles. The van der Waals surface area contributed by atoms with Crippen molar-refractivity contribution in [1.82, 2.24) is 5.16 Å². The smallest absolute Gasteiger partial charge is 0.239 e. The van der Waals surface area contributed by atoms with Crippen LogP contribution in [0.3, 0.4) is 0 Å². The Morgan fingerprint density at radius 1 is 1.24 bits per heavy atom. The average Bonchev–Trinajstić information content (AvgIpc) is 2.97. The van der Waals surface area contributed by atoms with Crippen LogP contribution in [0.15, 0.2) is 34.9 Å². The molecule has 1 aromatic carbocycles. The van der Waals surface area contributed by atoms with Gasteiger partial charge in [0.15, 0.2) is 5.82 Å². The van der Waals surface area contributed by atoms with Gasteiger partial charge in [-0.05, 0) is 25.8 Å². The molecule has 1 fully saturated rings. The number of hydrogen-bond donors (Lipinski definition) is 0. The zero-order chi connectivity index (χ0) is 15.0. The maximum absolute atomic E-state index is 12.4. The molecule has 3 rings (SSSR count). The van der Waals surface area contributed by atoms with Crippen molar-refractivity contribution >= 4 is 17.6 Å². The predicted octanol–water partition coefficient (Wildman–Crippen LogP) is 2.41. The normalized spacial score (nSPS) is 18.6. The highest BCUT2D eigenvalue weighted by molar-refractivity contribution is 6.20. The average molecular weight is 284 g/mol. The van der Waals surface area contributed by atoms with Gasteiger partial charge in [0.2, 0.25) is 11.8 Å². The van der Waals surface area contributed by atoms with Crippen LogP contribution in [0.4, 0.5) is 5.82 Å². The van der Waals surface area contributed by atoms with Gasteiger partial charge in [-0.3, -0.25) is 9.59 Å². The summed E-state index contributed by atoms with van der Waals surface area (Å²) in [7, 11) is 0. The van der Waals surface area contributed by atoms with E-state index in [-0.39, 0.29) is 30.0 Å². The van der Waals surface area contributed by atoms with Crippen molar-refractivity contribution in [3.63, 3.8) is 0 Å². The van der Waals surface area contributed by atoms with Crippen LogP contribution in [0.2, 0.25) is 0 Å². The summed E-state index contributed by atoms with van der Waals surface area (Å²) in [6.45, 7) is 3.74. The minimum atomic E-state index is -0.322. The second-order valence-corrected chi connectivity index (χ2v) is 5.45. The quantitative estimate of drug-likeness (QED) is 0.812. The molecule has 0 radical (unpaired) electrons. The molecule has 0 unspecified atom stereocenters. The van der Waals surface area contributed by atoms with Gasteiger partial charge in [0.1, 0.15) is 5.76 Å². The molecule has 2 amide bonds. The molecule has 5 heteroatoms. The summed E-state index contributed by atoms with van der Waals surface area (Å²) in [4.78, 5) is 25.6. The summed E-state index contributed by atoms with van der Waals surface area (Å²) in [6.07, 6.45) is 0.788. The van der Waals surface area contributed by atoms with Crippen molar-refractivity contribution < 1.29 is 14.1 Å². The largest absolute Gasteiger partial charge is 0.360 e. The molecule has 0 saturated carbocycles. The maximum atomic E-state index is 12.4. The van der Waals surface area contributed by atoms with E-state index < -0.39 is 0 Å². The Hall–Kier alpha value is -2.43. The highest BCUT2D eigenvalue weighted by Crippen LogP contribution is 2.28. The van der Waals surface area contributed by atoms with Crippen LogP contribution in [-0.2, 0) is 16.0 Å². The number of aromatic nitrogens is 1. The lowest BCUT2D eigenvalue weighted by Gasteiger charge is -2.11. The van der Waals surface area contributed by atoms with Gasteiger partial charge >= 0.3 is 0 Å². The maximum Gasteiger partial charge on any atom is 0.239 e. The van der Waals surface area contributed by atoms with Crippen LogP contribution in [-0.4, -0.2) is 17.0 Å². The Bertz CT molecular complexity index is 688. The summed E-state index contributed by atoms with van der Waals surface area (Å²) in [5, 5.41) is 3.76. The van der Waals surface area contributed by atoms with E-state index in [2.05, 4.69) is 5.16 Å². The molecular weight excluding hydrogens is 268 g/mol. The van der Waals surface area contributed by atoms with Crippen molar-refractivity contribution in [2.75, 3.05) is 4.90 Å². The Morgan fingerprint density at radius 3 is 2.57 bits per heavy atom. The summed E-state index contributed by atoms with van der Waals surface area (Å²) in [6, 6.07) is 9.61. The molecule has 2 heterocycles. The van der Waals surface area contributed by atoms with Gasteiger partial charge in [-0.25, -0.2) is 4.90 Å². The topological polar surface area (TPSA) is 63.4 Å². The molecule has 1 atom stereocenters. The van der Waals surface area contributed by atoms with Crippen LogP contribution in [0.5, 0.6) is 0 Å². The molecule has 0 N–H and O–H groups in total. The summed E-state index contributed by atoms with van der Waals surface area (Å²) >= 11 is 0. The molecule has 1 aromatic heterocycles. The van der Waals surface area contributed by atoms with E-state index in [1.165, 1.54) is 5.56 Å². The summed E-state index contributed by atoms with van der Waals surface area (Å²) in [5.41, 5.74) is 2.23. The number of amides is 2. The van der Waals surface area contributed by atoms with E-state index in [1.54, 1.807) is 13.0 Å². The van der Waals surface area contributed by atoms with Gasteiger partial charge in [-0.2, -0.15) is 0 Å². The van der Waals surface area contributed by atoms with Gasteiger partial charge < -0.3 is 4.52 Å². The van der Waals surface area contributed by atoms with Crippen LogP contribution in [0.25, 0.3) is 0 Å². The number of aryl methyl sites for hydroxylation is 2. The van der Waals surface area contributed by atoms with Crippen molar-refractivity contribution in [3.05, 3.63) is 47.2 Å². The molecule has 1 aliphatic heterocycles. The molecule has 0 bridgehead atoms. The van der Waals surface area contributed by atoms with Crippen molar-refractivity contribution in [3.8, 4) is 0 Å². The minimum Gasteiger partial charge on any atom is -0.360 e. The van der Waals surface area contributed by atoms with Crippen LogP contribution < -0.4 is 4.90 Å². The third-order valence-corrected chi connectivity index (χ3v) is 3.69. The molecule has 1 aliphatic rings. The van der Waals surface area contributed by atoms with Gasteiger partial charge in [0, 0.05) is 12.5 Å². The first-order valence-corrected chi connectivity index (χ1v) is 6.90. The number of nitrogens with zero attached hydrogens (tertiary/aromatic N) is 2. The molecule has 2 aromatic rings. The number of anilines is 1. The zero-order valence-electron chi connectivity index (χ0n) is 12.0. The molecule has 21 heavy (non-hydrogen) atoms. The third kappa shape index (κ3) is 2.59. The van der Waals surface area contributed by atoms with Crippen LogP contribution in [0.1, 0.15) is 23.3 Å². The second kappa shape index (κ2) is 5.16. The lowest BCUT2D eigenvalue weighted by Crippen LogP contribution is -2.31. The monoisotopic (exact) mass is 284 g/mol. The zero-order valence-corrected chi connectivity index (χ0v) is 12.0. The van der Waals surface area contributed by atoms with Gasteiger partial charge in [-0.15, -0.1) is 0 Å². The highest BCUT2D eigenvalue weighted by atomic mass is 16.5. The molecule has 0 spiro atoms. The fraction of sp³-hybridized carbons (Fsp3) is 0.312. The lowest BCUT2D eigenvalue weighted by atomic mass is 9.97. The SMILES string of the molecule is Cc1ccc(C[C@@H]2CC(=O)N(c3cc(C)on3)C2=O)cc1. The summed E-state index contributed by atoms with van der Waals surface area (Å²) < 4.78 is 4.94. The number of rotatable bonds is 3. The van der Waals surface area contributed by atoms with E-state index in [1.807, 2.05) is 31.2 Å². The van der Waals surface area contributed by atoms with Gasteiger partial charge in [0.25, 0.3) is 0 Å². The minimum absolute atomic E-state index is 0.200. The highest BCUT2D eigenvalue weighted by Gasteiger charge is 2.40. The van der Waals surface area contributed by atoms with Crippen molar-refractivity contribution in [2.45, 2.75) is 26.7 Å². The number of hydrogen-bond acceptors (Lipinski definition) is 4. The fourth-order valence-corrected chi connectivity index (χ4v) is 2.56. The second-order valence-electron chi connectivity index (χ2n) is 5.45. The summed E-state index contributed by atoms with van der Waals surface area (Å²) in [5.74, 6) is 0.123. The van der Waals surface area contributed by atoms with E-state index >= 15 is 0 Å². The molecular formula is C16H16N2O3. The van der Waals surface area contributed by atoms with Gasteiger partial charge in [0.05, 0.1) is 5.92 Å². The lowest BCUT2D eigenvalue weighted by molar-refractivity contribution is -0.122. The van der Waals surface area contributed by atoms with E-state index in [9.17, 15) is 9.59 Å². The first-order chi connectivity index (χ1) is 10.0. The Labute approximate surface area is 122 Å². The first kappa shape index (κ1) is 13.5. The molecule has 0 aliphatic carbocycles. The standard InChI is InChI=1S/C16H16N2O3/c1-10-3-5-12(6-4-10)8-13-9-15(19)18(16(13)20)14-7-11(2)21-17-14/h3-7,13H,8-9H2,1-2H3/t13-/m1/s1. The van der Waals surface area contributed by atoms with E-state index in [4.69, 9.17) is 4.52 Å². The van der Waals surface area contributed by atoms with Crippen molar-refractivity contribution in [2.24, 2.45) is 5.92 Å². The third-order valence-electron chi connectivity index (χ3n) is 3.69. The Kier molecular flexibility index (Phi) is 3.33. The van der Waals surface area contributed by atoms with E-state index in [0.717, 1.165) is 10.5 Å². The molecule has 5 nitrogen and oxygen atoms in total. The van der Waals surface area contributed by atoms with Gasteiger partial charge in [-0.1, -0.05) is 35.0 Å². The Balaban J connectivity index is 1.78.